The Balaban J connectivity index is 2.61. The minimum Gasteiger partial charge on any atom is -0.481 e. The van der Waals surface area contributed by atoms with Crippen LogP contribution in [0.15, 0.2) is 5.10 Å². The molecular weight excluding hydrogens is 168 g/mol. The van der Waals surface area contributed by atoms with E-state index in [2.05, 4.69) is 5.10 Å². The zero-order chi connectivity index (χ0) is 10.2. The smallest absolute Gasteiger partial charge is 0.307 e. The maximum Gasteiger partial charge on any atom is 0.307 e. The van der Waals surface area contributed by atoms with Gasteiger partial charge in [0.1, 0.15) is 0 Å². The number of carboxylic acid groups (broad SMARTS) is 1. The molecule has 4 nitrogen and oxygen atoms in total. The van der Waals surface area contributed by atoms with Gasteiger partial charge in [-0.1, -0.05) is 13.8 Å². The summed E-state index contributed by atoms with van der Waals surface area (Å²) in [7, 11) is 3.64. The number of hydrogen-bond acceptors (Lipinski definition) is 3. The van der Waals surface area contributed by atoms with Gasteiger partial charge in [-0.3, -0.25) is 4.79 Å². The maximum absolute atomic E-state index is 10.8. The van der Waals surface area contributed by atoms with Crippen molar-refractivity contribution in [2.24, 2.45) is 22.4 Å². The predicted octanol–water partition coefficient (Wildman–Crippen LogP) is 0.891. The van der Waals surface area contributed by atoms with Crippen molar-refractivity contribution in [3.05, 3.63) is 0 Å². The molecule has 0 bridgehead atoms. The van der Waals surface area contributed by atoms with Gasteiger partial charge in [-0.25, -0.2) is 0 Å². The lowest BCUT2D eigenvalue weighted by atomic mass is 10.1. The number of hydrogen-bond donors (Lipinski definition) is 1. The zero-order valence-corrected chi connectivity index (χ0v) is 8.48. The summed E-state index contributed by atoms with van der Waals surface area (Å²) in [6, 6.07) is 0. The Labute approximate surface area is 78.2 Å². The molecular formula is C9H16N2O2. The van der Waals surface area contributed by atoms with Crippen LogP contribution < -0.4 is 0 Å². The van der Waals surface area contributed by atoms with Gasteiger partial charge in [0, 0.05) is 26.2 Å². The van der Waals surface area contributed by atoms with Crippen molar-refractivity contribution < 1.29 is 9.90 Å². The molecule has 0 aromatic heterocycles. The Morgan fingerprint density at radius 1 is 1.54 bits per heavy atom. The summed E-state index contributed by atoms with van der Waals surface area (Å²) in [5, 5.41) is 14.6. The Bertz CT molecular complexity index is 246. The van der Waals surface area contributed by atoms with Crippen molar-refractivity contribution in [3.8, 4) is 0 Å². The molecule has 1 aliphatic carbocycles. The highest BCUT2D eigenvalue weighted by Gasteiger charge is 2.61. The lowest BCUT2D eigenvalue weighted by Crippen LogP contribution is -2.04. The van der Waals surface area contributed by atoms with E-state index in [0.717, 1.165) is 0 Å². The molecule has 1 aliphatic rings. The van der Waals surface area contributed by atoms with Gasteiger partial charge in [-0.2, -0.15) is 5.10 Å². The molecule has 0 heterocycles. The quantitative estimate of drug-likeness (QED) is 0.523. The molecule has 13 heavy (non-hydrogen) atoms. The molecule has 74 valence electrons. The molecule has 1 N–H and O–H groups in total. The van der Waals surface area contributed by atoms with E-state index in [0.29, 0.717) is 0 Å². The molecule has 1 fully saturated rings. The normalized spacial score (nSPS) is 30.5. The Hall–Kier alpha value is -1.06. The number of rotatable bonds is 3. The Kier molecular flexibility index (Phi) is 2.32. The molecule has 1 saturated carbocycles. The van der Waals surface area contributed by atoms with E-state index in [1.54, 1.807) is 11.2 Å². The van der Waals surface area contributed by atoms with Gasteiger partial charge in [0.15, 0.2) is 0 Å². The second-order valence-corrected chi connectivity index (χ2v) is 4.27. The van der Waals surface area contributed by atoms with Gasteiger partial charge in [-0.05, 0) is 5.41 Å². The molecule has 0 amide bonds. The summed E-state index contributed by atoms with van der Waals surface area (Å²) in [4.78, 5) is 10.8. The van der Waals surface area contributed by atoms with Crippen LogP contribution in [0.2, 0.25) is 0 Å². The first-order chi connectivity index (χ1) is 5.87. The standard InChI is InChI=1S/C9H16N2O2/c1-9(2)6(5-10-11(3)4)7(9)8(12)13/h5-7H,1-4H3,(H,12,13)/t6-,7-/m0/s1. The average molecular weight is 184 g/mol. The van der Waals surface area contributed by atoms with Crippen molar-refractivity contribution in [2.45, 2.75) is 13.8 Å². The number of carboxylic acids is 1. The Morgan fingerprint density at radius 2 is 2.08 bits per heavy atom. The van der Waals surface area contributed by atoms with Crippen LogP contribution in [0.1, 0.15) is 13.8 Å². The molecule has 0 aromatic carbocycles. The number of aliphatic carboxylic acids is 1. The first kappa shape index (κ1) is 10.0. The van der Waals surface area contributed by atoms with Crippen molar-refractivity contribution in [1.82, 2.24) is 5.01 Å². The SMILES string of the molecule is CN(C)N=C[C@H]1[C@@H](C(=O)O)C1(C)C. The highest BCUT2D eigenvalue weighted by Crippen LogP contribution is 2.57. The third kappa shape index (κ3) is 1.82. The molecule has 2 atom stereocenters. The van der Waals surface area contributed by atoms with Crippen molar-refractivity contribution in [2.75, 3.05) is 14.1 Å². The first-order valence-electron chi connectivity index (χ1n) is 4.31. The van der Waals surface area contributed by atoms with E-state index < -0.39 is 5.97 Å². The van der Waals surface area contributed by atoms with Crippen LogP contribution in [0.25, 0.3) is 0 Å². The van der Waals surface area contributed by atoms with E-state index >= 15 is 0 Å². The lowest BCUT2D eigenvalue weighted by molar-refractivity contribution is -0.139. The minimum atomic E-state index is -0.722. The fourth-order valence-corrected chi connectivity index (χ4v) is 1.63. The lowest BCUT2D eigenvalue weighted by Gasteiger charge is -2.02. The van der Waals surface area contributed by atoms with Crippen LogP contribution in [0.3, 0.4) is 0 Å². The summed E-state index contributed by atoms with van der Waals surface area (Å²) in [5.41, 5.74) is -0.134. The van der Waals surface area contributed by atoms with Crippen molar-refractivity contribution >= 4 is 12.2 Å². The van der Waals surface area contributed by atoms with Gasteiger partial charge < -0.3 is 10.1 Å². The van der Waals surface area contributed by atoms with Gasteiger partial charge >= 0.3 is 5.97 Å². The second kappa shape index (κ2) is 3.01. The highest BCUT2D eigenvalue weighted by atomic mass is 16.4. The minimum absolute atomic E-state index is 0.0763. The molecule has 0 aliphatic heterocycles. The summed E-state index contributed by atoms with van der Waals surface area (Å²) in [6.45, 7) is 3.91. The molecule has 4 heteroatoms. The molecule has 0 unspecified atom stereocenters. The number of nitrogens with zero attached hydrogens (tertiary/aromatic N) is 2. The van der Waals surface area contributed by atoms with E-state index in [9.17, 15) is 4.79 Å². The average Bonchev–Trinajstić information content (AvgIpc) is 2.48. The summed E-state index contributed by atoms with van der Waals surface area (Å²) < 4.78 is 0. The van der Waals surface area contributed by atoms with Crippen LogP contribution in [0, 0.1) is 17.3 Å². The molecule has 1 rings (SSSR count). The van der Waals surface area contributed by atoms with E-state index in [1.165, 1.54) is 0 Å². The number of carbonyl (C=O) groups is 1. The second-order valence-electron chi connectivity index (χ2n) is 4.27. The van der Waals surface area contributed by atoms with Crippen molar-refractivity contribution in [1.29, 1.82) is 0 Å². The molecule has 0 spiro atoms. The first-order valence-corrected chi connectivity index (χ1v) is 4.31. The summed E-state index contributed by atoms with van der Waals surface area (Å²) in [6.07, 6.45) is 1.73. The van der Waals surface area contributed by atoms with Crippen LogP contribution in [-0.4, -0.2) is 36.4 Å². The largest absolute Gasteiger partial charge is 0.481 e. The van der Waals surface area contributed by atoms with Crippen molar-refractivity contribution in [3.63, 3.8) is 0 Å². The van der Waals surface area contributed by atoms with Crippen LogP contribution in [0.5, 0.6) is 0 Å². The Morgan fingerprint density at radius 3 is 2.38 bits per heavy atom. The monoisotopic (exact) mass is 184 g/mol. The highest BCUT2D eigenvalue weighted by molar-refractivity contribution is 5.84. The molecule has 0 radical (unpaired) electrons. The fourth-order valence-electron chi connectivity index (χ4n) is 1.63. The van der Waals surface area contributed by atoms with E-state index in [-0.39, 0.29) is 17.3 Å². The number of hydrazone groups is 1. The van der Waals surface area contributed by atoms with E-state index in [1.807, 2.05) is 27.9 Å². The molecule has 0 saturated heterocycles. The predicted molar refractivity (Wildman–Crippen MR) is 50.6 cm³/mol. The van der Waals surface area contributed by atoms with E-state index in [4.69, 9.17) is 5.11 Å². The van der Waals surface area contributed by atoms with Crippen LogP contribution in [0.4, 0.5) is 0 Å². The summed E-state index contributed by atoms with van der Waals surface area (Å²) >= 11 is 0. The molecule has 0 aromatic rings. The van der Waals surface area contributed by atoms with Gasteiger partial charge in [0.25, 0.3) is 0 Å². The van der Waals surface area contributed by atoms with Gasteiger partial charge in [0.05, 0.1) is 5.92 Å². The van der Waals surface area contributed by atoms with Gasteiger partial charge in [-0.15, -0.1) is 0 Å². The maximum atomic E-state index is 10.8. The van der Waals surface area contributed by atoms with Crippen LogP contribution in [-0.2, 0) is 4.79 Å². The third-order valence-corrected chi connectivity index (χ3v) is 2.63. The topological polar surface area (TPSA) is 52.9 Å². The zero-order valence-electron chi connectivity index (χ0n) is 8.48. The van der Waals surface area contributed by atoms with Gasteiger partial charge in [0.2, 0.25) is 0 Å². The fraction of sp³-hybridized carbons (Fsp3) is 0.778. The van der Waals surface area contributed by atoms with Crippen LogP contribution >= 0.6 is 0 Å². The summed E-state index contributed by atoms with van der Waals surface area (Å²) in [5.74, 6) is -0.913. The third-order valence-electron chi connectivity index (χ3n) is 2.63.